The van der Waals surface area contributed by atoms with E-state index in [1.54, 1.807) is 0 Å². The van der Waals surface area contributed by atoms with Crippen molar-refractivity contribution < 1.29 is 4.74 Å². The molecule has 1 aromatic carbocycles. The van der Waals surface area contributed by atoms with Gasteiger partial charge >= 0.3 is 0 Å². The number of rotatable bonds is 5. The molecule has 0 spiro atoms. The highest BCUT2D eigenvalue weighted by molar-refractivity contribution is 7.98. The average molecular weight is 197 g/mol. The van der Waals surface area contributed by atoms with E-state index in [2.05, 4.69) is 6.26 Å². The number of para-hydroxylation sites is 2. The summed E-state index contributed by atoms with van der Waals surface area (Å²) in [4.78, 5) is 0. The SMILES string of the molecule is CSCCCOc1ccccc1N. The van der Waals surface area contributed by atoms with Gasteiger partial charge in [0, 0.05) is 0 Å². The fraction of sp³-hybridized carbons (Fsp3) is 0.400. The Balaban J connectivity index is 2.32. The average Bonchev–Trinajstić information content (AvgIpc) is 2.15. The van der Waals surface area contributed by atoms with E-state index in [0.717, 1.165) is 24.5 Å². The fourth-order valence-electron chi connectivity index (χ4n) is 0.997. The Morgan fingerprint density at radius 2 is 2.15 bits per heavy atom. The van der Waals surface area contributed by atoms with Crippen molar-refractivity contribution in [3.63, 3.8) is 0 Å². The minimum absolute atomic E-state index is 0.714. The normalized spacial score (nSPS) is 9.92. The quantitative estimate of drug-likeness (QED) is 0.581. The summed E-state index contributed by atoms with van der Waals surface area (Å²) in [5.74, 6) is 1.93. The summed E-state index contributed by atoms with van der Waals surface area (Å²) < 4.78 is 5.50. The second-order valence-corrected chi connectivity index (χ2v) is 3.72. The van der Waals surface area contributed by atoms with Gasteiger partial charge in [0.1, 0.15) is 5.75 Å². The molecule has 0 fully saturated rings. The molecule has 13 heavy (non-hydrogen) atoms. The van der Waals surface area contributed by atoms with Crippen LogP contribution in [0.1, 0.15) is 6.42 Å². The third kappa shape index (κ3) is 3.59. The predicted octanol–water partition coefficient (Wildman–Crippen LogP) is 2.40. The van der Waals surface area contributed by atoms with Crippen LogP contribution in [0.5, 0.6) is 5.75 Å². The van der Waals surface area contributed by atoms with Gasteiger partial charge in [-0.3, -0.25) is 0 Å². The minimum Gasteiger partial charge on any atom is -0.491 e. The Morgan fingerprint density at radius 1 is 1.38 bits per heavy atom. The van der Waals surface area contributed by atoms with Crippen LogP contribution in [0.4, 0.5) is 5.69 Å². The Kier molecular flexibility index (Phi) is 4.54. The summed E-state index contributed by atoms with van der Waals surface area (Å²) in [6.45, 7) is 0.745. The van der Waals surface area contributed by atoms with E-state index < -0.39 is 0 Å². The number of hydrogen-bond donors (Lipinski definition) is 1. The third-order valence-electron chi connectivity index (χ3n) is 1.67. The first kappa shape index (κ1) is 10.3. The van der Waals surface area contributed by atoms with Gasteiger partial charge in [0.25, 0.3) is 0 Å². The van der Waals surface area contributed by atoms with Gasteiger partial charge in [0.15, 0.2) is 0 Å². The van der Waals surface area contributed by atoms with E-state index in [1.807, 2.05) is 36.0 Å². The Labute approximate surface area is 83.5 Å². The number of thioether (sulfide) groups is 1. The van der Waals surface area contributed by atoms with Crippen LogP contribution in [0.15, 0.2) is 24.3 Å². The van der Waals surface area contributed by atoms with Crippen LogP contribution in [0.3, 0.4) is 0 Å². The van der Waals surface area contributed by atoms with Crippen molar-refractivity contribution in [3.8, 4) is 5.75 Å². The van der Waals surface area contributed by atoms with Gasteiger partial charge in [-0.1, -0.05) is 12.1 Å². The highest BCUT2D eigenvalue weighted by atomic mass is 32.2. The van der Waals surface area contributed by atoms with Gasteiger partial charge in [-0.2, -0.15) is 11.8 Å². The molecule has 0 atom stereocenters. The van der Waals surface area contributed by atoms with Crippen molar-refractivity contribution in [1.82, 2.24) is 0 Å². The van der Waals surface area contributed by atoms with E-state index in [1.165, 1.54) is 0 Å². The van der Waals surface area contributed by atoms with Crippen LogP contribution in [-0.4, -0.2) is 18.6 Å². The molecule has 0 saturated heterocycles. The molecule has 0 aliphatic carbocycles. The first-order chi connectivity index (χ1) is 6.34. The molecule has 1 aromatic rings. The molecule has 0 saturated carbocycles. The van der Waals surface area contributed by atoms with Crippen LogP contribution in [0, 0.1) is 0 Å². The predicted molar refractivity (Wildman–Crippen MR) is 59.3 cm³/mol. The Hall–Kier alpha value is -0.830. The van der Waals surface area contributed by atoms with E-state index in [0.29, 0.717) is 5.69 Å². The van der Waals surface area contributed by atoms with Crippen LogP contribution in [0.2, 0.25) is 0 Å². The van der Waals surface area contributed by atoms with Gasteiger partial charge in [-0.15, -0.1) is 0 Å². The maximum absolute atomic E-state index is 5.71. The van der Waals surface area contributed by atoms with E-state index in [9.17, 15) is 0 Å². The molecule has 0 aromatic heterocycles. The summed E-state index contributed by atoms with van der Waals surface area (Å²) in [6.07, 6.45) is 3.16. The lowest BCUT2D eigenvalue weighted by Gasteiger charge is -2.07. The summed E-state index contributed by atoms with van der Waals surface area (Å²) >= 11 is 1.83. The van der Waals surface area contributed by atoms with Gasteiger partial charge in [0.2, 0.25) is 0 Å². The van der Waals surface area contributed by atoms with Crippen LogP contribution in [-0.2, 0) is 0 Å². The lowest BCUT2D eigenvalue weighted by Crippen LogP contribution is -2.00. The highest BCUT2D eigenvalue weighted by Crippen LogP contribution is 2.19. The van der Waals surface area contributed by atoms with Crippen molar-refractivity contribution in [2.45, 2.75) is 6.42 Å². The smallest absolute Gasteiger partial charge is 0.142 e. The van der Waals surface area contributed by atoms with Crippen LogP contribution in [0.25, 0.3) is 0 Å². The number of hydrogen-bond acceptors (Lipinski definition) is 3. The molecule has 1 rings (SSSR count). The lowest BCUT2D eigenvalue weighted by molar-refractivity contribution is 0.320. The summed E-state index contributed by atoms with van der Waals surface area (Å²) in [5, 5.41) is 0. The molecule has 0 aliphatic rings. The molecule has 0 unspecified atom stereocenters. The van der Waals surface area contributed by atoms with Gasteiger partial charge < -0.3 is 10.5 Å². The number of anilines is 1. The Bertz CT molecular complexity index is 252. The second kappa shape index (κ2) is 5.75. The molecule has 3 heteroatoms. The van der Waals surface area contributed by atoms with Crippen molar-refractivity contribution in [2.75, 3.05) is 24.3 Å². The molecule has 2 N–H and O–H groups in total. The molecule has 0 heterocycles. The summed E-state index contributed by atoms with van der Waals surface area (Å²) in [6, 6.07) is 7.59. The van der Waals surface area contributed by atoms with E-state index in [-0.39, 0.29) is 0 Å². The molecule has 0 amide bonds. The summed E-state index contributed by atoms with van der Waals surface area (Å²) in [5.41, 5.74) is 6.42. The zero-order valence-corrected chi connectivity index (χ0v) is 8.64. The minimum atomic E-state index is 0.714. The third-order valence-corrected chi connectivity index (χ3v) is 2.37. The second-order valence-electron chi connectivity index (χ2n) is 2.73. The van der Waals surface area contributed by atoms with Crippen molar-refractivity contribution in [1.29, 1.82) is 0 Å². The number of ether oxygens (including phenoxy) is 1. The number of nitrogen functional groups attached to an aromatic ring is 1. The lowest BCUT2D eigenvalue weighted by atomic mass is 10.3. The zero-order valence-electron chi connectivity index (χ0n) is 7.82. The van der Waals surface area contributed by atoms with Crippen molar-refractivity contribution in [3.05, 3.63) is 24.3 Å². The Morgan fingerprint density at radius 3 is 2.85 bits per heavy atom. The number of nitrogens with two attached hydrogens (primary N) is 1. The first-order valence-electron chi connectivity index (χ1n) is 4.31. The van der Waals surface area contributed by atoms with Crippen molar-refractivity contribution in [2.24, 2.45) is 0 Å². The van der Waals surface area contributed by atoms with Crippen molar-refractivity contribution >= 4 is 17.4 Å². The maximum Gasteiger partial charge on any atom is 0.142 e. The highest BCUT2D eigenvalue weighted by Gasteiger charge is 1.96. The van der Waals surface area contributed by atoms with Crippen LogP contribution < -0.4 is 10.5 Å². The molecule has 72 valence electrons. The van der Waals surface area contributed by atoms with Gasteiger partial charge in [-0.05, 0) is 30.6 Å². The number of benzene rings is 1. The molecule has 2 nitrogen and oxygen atoms in total. The topological polar surface area (TPSA) is 35.2 Å². The van der Waals surface area contributed by atoms with E-state index in [4.69, 9.17) is 10.5 Å². The standard InChI is InChI=1S/C10H15NOS/c1-13-8-4-7-12-10-6-3-2-5-9(10)11/h2-3,5-6H,4,7-8,11H2,1H3. The molecule has 0 bridgehead atoms. The van der Waals surface area contributed by atoms with Gasteiger partial charge in [-0.25, -0.2) is 0 Å². The molecule has 0 radical (unpaired) electrons. The zero-order chi connectivity index (χ0) is 9.52. The maximum atomic E-state index is 5.71. The monoisotopic (exact) mass is 197 g/mol. The molecular formula is C10H15NOS. The fourth-order valence-corrected chi connectivity index (χ4v) is 1.40. The largest absolute Gasteiger partial charge is 0.491 e. The van der Waals surface area contributed by atoms with E-state index >= 15 is 0 Å². The van der Waals surface area contributed by atoms with Gasteiger partial charge in [0.05, 0.1) is 12.3 Å². The van der Waals surface area contributed by atoms with Crippen LogP contribution >= 0.6 is 11.8 Å². The molecule has 0 aliphatic heterocycles. The first-order valence-corrected chi connectivity index (χ1v) is 5.70. The summed E-state index contributed by atoms with van der Waals surface area (Å²) in [7, 11) is 0. The molecular weight excluding hydrogens is 182 g/mol.